The van der Waals surface area contributed by atoms with E-state index < -0.39 is 16.1 Å². The third-order valence-electron chi connectivity index (χ3n) is 4.39. The second-order valence-electron chi connectivity index (χ2n) is 6.20. The maximum Gasteiger partial charge on any atom is 0.252 e. The lowest BCUT2D eigenvalue weighted by molar-refractivity contribution is -0.143. The maximum atomic E-state index is 12.7. The molecule has 10 heteroatoms. The number of amides is 2. The number of sulfonamides is 1. The molecule has 1 aliphatic heterocycles. The summed E-state index contributed by atoms with van der Waals surface area (Å²) in [6.45, 7) is 0.958. The molecule has 0 radical (unpaired) electrons. The van der Waals surface area contributed by atoms with Gasteiger partial charge >= 0.3 is 0 Å². The number of rotatable bonds is 6. The van der Waals surface area contributed by atoms with Crippen molar-refractivity contribution in [3.05, 3.63) is 17.5 Å². The first kappa shape index (κ1) is 18.3. The number of hydrogen-bond donors (Lipinski definition) is 2. The maximum absolute atomic E-state index is 12.7. The Bertz CT molecular complexity index is 731. The third-order valence-corrected chi connectivity index (χ3v) is 7.63. The Balaban J connectivity index is 1.80. The molecule has 2 amide bonds. The highest BCUT2D eigenvalue weighted by atomic mass is 32.2. The van der Waals surface area contributed by atoms with Crippen LogP contribution in [0.5, 0.6) is 0 Å². The van der Waals surface area contributed by atoms with E-state index in [0.717, 1.165) is 24.2 Å². The lowest BCUT2D eigenvalue weighted by Crippen LogP contribution is -2.62. The predicted molar refractivity (Wildman–Crippen MR) is 93.4 cm³/mol. The van der Waals surface area contributed by atoms with Crippen LogP contribution >= 0.6 is 11.3 Å². The van der Waals surface area contributed by atoms with Crippen molar-refractivity contribution in [2.75, 3.05) is 32.7 Å². The summed E-state index contributed by atoms with van der Waals surface area (Å²) in [5, 5.41) is 4.38. The zero-order valence-electron chi connectivity index (χ0n) is 13.8. The van der Waals surface area contributed by atoms with Gasteiger partial charge in [-0.1, -0.05) is 6.07 Å². The summed E-state index contributed by atoms with van der Waals surface area (Å²) in [4.78, 5) is 26.5. The molecule has 2 fully saturated rings. The lowest BCUT2D eigenvalue weighted by atomic mass is 10.1. The van der Waals surface area contributed by atoms with Crippen LogP contribution in [-0.4, -0.2) is 68.2 Å². The van der Waals surface area contributed by atoms with Gasteiger partial charge in [0.05, 0.1) is 0 Å². The van der Waals surface area contributed by atoms with E-state index in [4.69, 9.17) is 5.73 Å². The molecule has 138 valence electrons. The molecular weight excluding hydrogens is 364 g/mol. The average molecular weight is 386 g/mol. The summed E-state index contributed by atoms with van der Waals surface area (Å²) in [5.41, 5.74) is 5.42. The molecule has 2 heterocycles. The average Bonchev–Trinajstić information content (AvgIpc) is 3.31. The van der Waals surface area contributed by atoms with Crippen molar-refractivity contribution in [2.24, 2.45) is 11.7 Å². The molecule has 25 heavy (non-hydrogen) atoms. The van der Waals surface area contributed by atoms with Gasteiger partial charge in [0, 0.05) is 38.6 Å². The summed E-state index contributed by atoms with van der Waals surface area (Å²) in [7, 11) is -3.65. The molecule has 0 bridgehead atoms. The topological polar surface area (TPSA) is 113 Å². The molecule has 1 unspecified atom stereocenters. The summed E-state index contributed by atoms with van der Waals surface area (Å²) >= 11 is 1.14. The Morgan fingerprint density at radius 3 is 2.68 bits per heavy atom. The number of hydrogen-bond acceptors (Lipinski definition) is 6. The van der Waals surface area contributed by atoms with E-state index in [2.05, 4.69) is 5.32 Å². The molecule has 3 rings (SSSR count). The highest BCUT2D eigenvalue weighted by molar-refractivity contribution is 7.91. The van der Waals surface area contributed by atoms with Crippen LogP contribution in [0, 0.1) is 5.92 Å². The first-order valence-electron chi connectivity index (χ1n) is 8.27. The van der Waals surface area contributed by atoms with Gasteiger partial charge in [0.15, 0.2) is 0 Å². The Labute approximate surface area is 151 Å². The van der Waals surface area contributed by atoms with Crippen LogP contribution in [-0.2, 0) is 19.6 Å². The predicted octanol–water partition coefficient (Wildman–Crippen LogP) is -0.565. The van der Waals surface area contributed by atoms with Crippen LogP contribution < -0.4 is 11.1 Å². The number of nitrogens with two attached hydrogens (primary N) is 1. The first-order valence-corrected chi connectivity index (χ1v) is 10.6. The fourth-order valence-electron chi connectivity index (χ4n) is 2.88. The standard InChI is InChI=1S/C15H22N4O4S2/c16-5-6-17-14(20)12-10-18(25(22,23)13-2-1-9-24-13)7-8-19(12)15(21)11-3-4-11/h1-2,9,11-12H,3-8,10,16H2,(H,17,20). The molecule has 1 atom stereocenters. The van der Waals surface area contributed by atoms with Gasteiger partial charge in [-0.2, -0.15) is 4.31 Å². The molecule has 1 aromatic rings. The van der Waals surface area contributed by atoms with E-state index in [1.807, 2.05) is 0 Å². The Morgan fingerprint density at radius 1 is 1.32 bits per heavy atom. The van der Waals surface area contributed by atoms with Crippen molar-refractivity contribution in [1.29, 1.82) is 0 Å². The summed E-state index contributed by atoms with van der Waals surface area (Å²) in [6.07, 6.45) is 1.67. The van der Waals surface area contributed by atoms with E-state index in [1.165, 1.54) is 9.21 Å². The van der Waals surface area contributed by atoms with E-state index in [9.17, 15) is 18.0 Å². The van der Waals surface area contributed by atoms with Crippen LogP contribution in [0.4, 0.5) is 0 Å². The fraction of sp³-hybridized carbons (Fsp3) is 0.600. The molecule has 8 nitrogen and oxygen atoms in total. The Morgan fingerprint density at radius 2 is 2.08 bits per heavy atom. The number of carbonyl (C=O) groups excluding carboxylic acids is 2. The van der Waals surface area contributed by atoms with Gasteiger partial charge in [-0.15, -0.1) is 11.3 Å². The molecule has 1 aliphatic carbocycles. The van der Waals surface area contributed by atoms with E-state index in [-0.39, 0.29) is 48.1 Å². The second kappa shape index (κ2) is 7.40. The third kappa shape index (κ3) is 3.86. The Hall–Kier alpha value is -1.49. The molecule has 0 aromatic carbocycles. The van der Waals surface area contributed by atoms with Gasteiger partial charge in [0.1, 0.15) is 10.3 Å². The van der Waals surface area contributed by atoms with E-state index in [1.54, 1.807) is 17.5 Å². The molecule has 2 aliphatic rings. The highest BCUT2D eigenvalue weighted by Crippen LogP contribution is 2.33. The van der Waals surface area contributed by atoms with Gasteiger partial charge in [-0.3, -0.25) is 9.59 Å². The van der Waals surface area contributed by atoms with E-state index >= 15 is 0 Å². The Kier molecular flexibility index (Phi) is 5.42. The summed E-state index contributed by atoms with van der Waals surface area (Å²) in [6, 6.07) is 2.41. The number of thiophene rings is 1. The number of nitrogens with zero attached hydrogens (tertiary/aromatic N) is 2. The van der Waals surface area contributed by atoms with Crippen LogP contribution in [0.2, 0.25) is 0 Å². The van der Waals surface area contributed by atoms with Gasteiger partial charge < -0.3 is 16.0 Å². The largest absolute Gasteiger partial charge is 0.353 e. The van der Waals surface area contributed by atoms with Crippen molar-refractivity contribution in [2.45, 2.75) is 23.1 Å². The fourth-order valence-corrected chi connectivity index (χ4v) is 5.46. The van der Waals surface area contributed by atoms with Gasteiger partial charge in [-0.05, 0) is 24.3 Å². The zero-order valence-corrected chi connectivity index (χ0v) is 15.4. The zero-order chi connectivity index (χ0) is 18.0. The normalized spacial score (nSPS) is 22.0. The quantitative estimate of drug-likeness (QED) is 0.680. The van der Waals surface area contributed by atoms with Crippen LogP contribution in [0.25, 0.3) is 0 Å². The summed E-state index contributed by atoms with van der Waals surface area (Å²) in [5.74, 6) is -0.433. The second-order valence-corrected chi connectivity index (χ2v) is 9.31. The lowest BCUT2D eigenvalue weighted by Gasteiger charge is -2.39. The van der Waals surface area contributed by atoms with E-state index in [0.29, 0.717) is 6.54 Å². The smallest absolute Gasteiger partial charge is 0.252 e. The molecule has 3 N–H and O–H groups in total. The minimum Gasteiger partial charge on any atom is -0.353 e. The first-order chi connectivity index (χ1) is 11.9. The minimum atomic E-state index is -3.65. The molecule has 1 aromatic heterocycles. The highest BCUT2D eigenvalue weighted by Gasteiger charge is 2.43. The van der Waals surface area contributed by atoms with Gasteiger partial charge in [0.25, 0.3) is 10.0 Å². The SMILES string of the molecule is NCCNC(=O)C1CN(S(=O)(=O)c2cccs2)CCN1C(=O)C1CC1. The minimum absolute atomic E-state index is 0.0229. The molecule has 1 saturated carbocycles. The van der Waals surface area contributed by atoms with Crippen molar-refractivity contribution in [3.63, 3.8) is 0 Å². The number of carbonyl (C=O) groups is 2. The van der Waals surface area contributed by atoms with Crippen molar-refractivity contribution in [1.82, 2.24) is 14.5 Å². The number of nitrogens with one attached hydrogen (secondary N) is 1. The van der Waals surface area contributed by atoms with Crippen LogP contribution in [0.15, 0.2) is 21.7 Å². The molecule has 1 saturated heterocycles. The van der Waals surface area contributed by atoms with Gasteiger partial charge in [-0.25, -0.2) is 8.42 Å². The van der Waals surface area contributed by atoms with Crippen molar-refractivity contribution < 1.29 is 18.0 Å². The molecular formula is C15H22N4O4S2. The van der Waals surface area contributed by atoms with Crippen molar-refractivity contribution in [3.8, 4) is 0 Å². The van der Waals surface area contributed by atoms with Crippen molar-refractivity contribution >= 4 is 33.2 Å². The van der Waals surface area contributed by atoms with Crippen LogP contribution in [0.1, 0.15) is 12.8 Å². The monoisotopic (exact) mass is 386 g/mol. The van der Waals surface area contributed by atoms with Crippen LogP contribution in [0.3, 0.4) is 0 Å². The van der Waals surface area contributed by atoms with Gasteiger partial charge in [0.2, 0.25) is 11.8 Å². The number of piperazine rings is 1. The summed E-state index contributed by atoms with van der Waals surface area (Å²) < 4.78 is 27.0. The molecule has 0 spiro atoms.